The van der Waals surface area contributed by atoms with Crippen molar-refractivity contribution in [3.8, 4) is 11.5 Å². The number of carbonyl (C=O) groups excluding carboxylic acids is 1. The van der Waals surface area contributed by atoms with Crippen molar-refractivity contribution in [1.82, 2.24) is 5.32 Å². The maximum atomic E-state index is 10.9. The second-order valence-electron chi connectivity index (χ2n) is 3.32. The fraction of sp³-hybridized carbons (Fsp3) is 0.300. The summed E-state index contributed by atoms with van der Waals surface area (Å²) >= 11 is 3.31. The Morgan fingerprint density at radius 3 is 2.94 bits per heavy atom. The van der Waals surface area contributed by atoms with Crippen LogP contribution in [-0.4, -0.2) is 24.9 Å². The highest BCUT2D eigenvalue weighted by Gasteiger charge is 2.27. The van der Waals surface area contributed by atoms with E-state index < -0.39 is 6.09 Å². The predicted molar refractivity (Wildman–Crippen MR) is 59.6 cm³/mol. The molecule has 6 heteroatoms. The molecule has 1 amide bonds. The van der Waals surface area contributed by atoms with Gasteiger partial charge in [0, 0.05) is 10.0 Å². The molecule has 1 aliphatic heterocycles. The Morgan fingerprint density at radius 2 is 2.38 bits per heavy atom. The van der Waals surface area contributed by atoms with Crippen molar-refractivity contribution in [3.63, 3.8) is 0 Å². The number of aromatic hydroxyl groups is 1. The van der Waals surface area contributed by atoms with Gasteiger partial charge in [0.25, 0.3) is 0 Å². The Labute approximate surface area is 100 Å². The highest BCUT2D eigenvalue weighted by molar-refractivity contribution is 9.10. The van der Waals surface area contributed by atoms with Gasteiger partial charge in [-0.15, -0.1) is 0 Å². The van der Waals surface area contributed by atoms with Gasteiger partial charge < -0.3 is 19.9 Å². The minimum atomic E-state index is -0.441. The zero-order chi connectivity index (χ0) is 11.7. The summed E-state index contributed by atoms with van der Waals surface area (Å²) in [5.41, 5.74) is 0.757. The number of rotatable bonds is 2. The molecule has 5 nitrogen and oxygen atoms in total. The number of methoxy groups -OCH3 is 1. The first-order chi connectivity index (χ1) is 7.61. The van der Waals surface area contributed by atoms with Gasteiger partial charge in [0.1, 0.15) is 6.10 Å². The number of carbonyl (C=O) groups is 1. The molecule has 1 unspecified atom stereocenters. The summed E-state index contributed by atoms with van der Waals surface area (Å²) in [6.07, 6.45) is -0.805. The van der Waals surface area contributed by atoms with E-state index in [9.17, 15) is 9.90 Å². The number of phenolic OH excluding ortho intramolecular Hbond substituents is 1. The molecule has 0 aromatic heterocycles. The maximum Gasteiger partial charge on any atom is 0.407 e. The van der Waals surface area contributed by atoms with Crippen molar-refractivity contribution in [2.75, 3.05) is 13.7 Å². The average molecular weight is 288 g/mol. The number of ether oxygens (including phenoxy) is 2. The number of halogens is 1. The standard InChI is InChI=1S/C10H10BrNO4/c1-15-8-2-5(6(11)3-7(8)13)9-4-12-10(14)16-9/h2-3,9,13H,4H2,1H3,(H,12,14). The largest absolute Gasteiger partial charge is 0.504 e. The molecule has 0 bridgehead atoms. The first-order valence-electron chi connectivity index (χ1n) is 4.62. The molecule has 16 heavy (non-hydrogen) atoms. The minimum Gasteiger partial charge on any atom is -0.504 e. The van der Waals surface area contributed by atoms with Crippen LogP contribution in [0.15, 0.2) is 16.6 Å². The first-order valence-corrected chi connectivity index (χ1v) is 5.42. The average Bonchev–Trinajstić information content (AvgIpc) is 2.65. The summed E-state index contributed by atoms with van der Waals surface area (Å²) < 4.78 is 10.7. The van der Waals surface area contributed by atoms with E-state index in [1.165, 1.54) is 13.2 Å². The van der Waals surface area contributed by atoms with Gasteiger partial charge in [0.15, 0.2) is 11.5 Å². The van der Waals surface area contributed by atoms with Crippen molar-refractivity contribution in [3.05, 3.63) is 22.2 Å². The van der Waals surface area contributed by atoms with E-state index in [2.05, 4.69) is 21.2 Å². The van der Waals surface area contributed by atoms with Gasteiger partial charge >= 0.3 is 6.09 Å². The smallest absolute Gasteiger partial charge is 0.407 e. The number of phenols is 1. The molecule has 2 rings (SSSR count). The van der Waals surface area contributed by atoms with E-state index in [1.807, 2.05) is 0 Å². The van der Waals surface area contributed by atoms with Crippen molar-refractivity contribution < 1.29 is 19.4 Å². The number of nitrogens with one attached hydrogen (secondary N) is 1. The fourth-order valence-electron chi connectivity index (χ4n) is 1.53. The lowest BCUT2D eigenvalue weighted by molar-refractivity contribution is 0.140. The van der Waals surface area contributed by atoms with Crippen molar-refractivity contribution in [2.24, 2.45) is 0 Å². The van der Waals surface area contributed by atoms with Crippen LogP contribution in [-0.2, 0) is 4.74 Å². The molecule has 1 heterocycles. The number of alkyl carbamates (subject to hydrolysis) is 1. The maximum absolute atomic E-state index is 10.9. The Morgan fingerprint density at radius 1 is 1.62 bits per heavy atom. The topological polar surface area (TPSA) is 67.8 Å². The molecule has 1 fully saturated rings. The lowest BCUT2D eigenvalue weighted by atomic mass is 10.1. The minimum absolute atomic E-state index is 0.0374. The van der Waals surface area contributed by atoms with E-state index in [4.69, 9.17) is 9.47 Å². The third kappa shape index (κ3) is 1.92. The number of hydrogen-bond acceptors (Lipinski definition) is 4. The van der Waals surface area contributed by atoms with Gasteiger partial charge in [-0.25, -0.2) is 4.79 Å². The molecule has 1 aliphatic rings. The third-order valence-corrected chi connectivity index (χ3v) is 3.01. The highest BCUT2D eigenvalue weighted by atomic mass is 79.9. The summed E-state index contributed by atoms with van der Waals surface area (Å²) in [7, 11) is 1.46. The van der Waals surface area contributed by atoms with Crippen molar-refractivity contribution in [2.45, 2.75) is 6.10 Å². The molecule has 86 valence electrons. The second kappa shape index (κ2) is 4.21. The summed E-state index contributed by atoms with van der Waals surface area (Å²) in [5.74, 6) is 0.386. The molecule has 0 radical (unpaired) electrons. The summed E-state index contributed by atoms with van der Waals surface area (Å²) in [4.78, 5) is 10.9. The van der Waals surface area contributed by atoms with Gasteiger partial charge in [0.05, 0.1) is 13.7 Å². The molecule has 1 aromatic rings. The summed E-state index contributed by atoms with van der Waals surface area (Å²) in [6, 6.07) is 3.16. The van der Waals surface area contributed by atoms with E-state index in [0.717, 1.165) is 5.56 Å². The molecule has 0 aliphatic carbocycles. The van der Waals surface area contributed by atoms with Gasteiger partial charge in [-0.3, -0.25) is 0 Å². The molecule has 0 saturated carbocycles. The second-order valence-corrected chi connectivity index (χ2v) is 4.17. The Hall–Kier alpha value is -1.43. The van der Waals surface area contributed by atoms with Crippen LogP contribution < -0.4 is 10.1 Å². The molecule has 1 aromatic carbocycles. The van der Waals surface area contributed by atoms with Crippen LogP contribution in [0.5, 0.6) is 11.5 Å². The van der Waals surface area contributed by atoms with Crippen LogP contribution in [0.4, 0.5) is 4.79 Å². The fourth-order valence-corrected chi connectivity index (χ4v) is 2.12. The van der Waals surface area contributed by atoms with Gasteiger partial charge in [0.2, 0.25) is 0 Å². The molecule has 2 N–H and O–H groups in total. The Bertz CT molecular complexity index is 435. The van der Waals surface area contributed by atoms with E-state index in [-0.39, 0.29) is 11.9 Å². The van der Waals surface area contributed by atoms with E-state index >= 15 is 0 Å². The molecular weight excluding hydrogens is 278 g/mol. The molecule has 1 saturated heterocycles. The molecule has 1 atom stereocenters. The number of cyclic esters (lactones) is 1. The summed E-state index contributed by atoms with van der Waals surface area (Å²) in [5, 5.41) is 12.1. The Balaban J connectivity index is 2.36. The van der Waals surface area contributed by atoms with E-state index in [0.29, 0.717) is 16.8 Å². The zero-order valence-electron chi connectivity index (χ0n) is 8.49. The van der Waals surface area contributed by atoms with Crippen LogP contribution in [0.3, 0.4) is 0 Å². The third-order valence-electron chi connectivity index (χ3n) is 2.33. The SMILES string of the molecule is COc1cc(C2CNC(=O)O2)c(Br)cc1O. The quantitative estimate of drug-likeness (QED) is 0.872. The predicted octanol–water partition coefficient (Wildman–Crippen LogP) is 1.94. The Kier molecular flexibility index (Phi) is 2.91. The lowest BCUT2D eigenvalue weighted by Crippen LogP contribution is -2.12. The highest BCUT2D eigenvalue weighted by Crippen LogP contribution is 2.37. The number of hydrogen-bond donors (Lipinski definition) is 2. The van der Waals surface area contributed by atoms with Gasteiger partial charge in [-0.05, 0) is 12.1 Å². The molecule has 0 spiro atoms. The lowest BCUT2D eigenvalue weighted by Gasteiger charge is -2.13. The number of amides is 1. The summed E-state index contributed by atoms with van der Waals surface area (Å²) in [6.45, 7) is 0.408. The van der Waals surface area contributed by atoms with Crippen LogP contribution in [0.1, 0.15) is 11.7 Å². The van der Waals surface area contributed by atoms with Crippen LogP contribution in [0.25, 0.3) is 0 Å². The van der Waals surface area contributed by atoms with E-state index in [1.54, 1.807) is 6.07 Å². The monoisotopic (exact) mass is 287 g/mol. The van der Waals surface area contributed by atoms with Gasteiger partial charge in [-0.1, -0.05) is 15.9 Å². The van der Waals surface area contributed by atoms with Crippen molar-refractivity contribution >= 4 is 22.0 Å². The normalized spacial score (nSPS) is 19.1. The van der Waals surface area contributed by atoms with Crippen molar-refractivity contribution in [1.29, 1.82) is 0 Å². The first kappa shape index (κ1) is 11.1. The van der Waals surface area contributed by atoms with Crippen LogP contribution in [0.2, 0.25) is 0 Å². The van der Waals surface area contributed by atoms with Crippen LogP contribution >= 0.6 is 15.9 Å². The van der Waals surface area contributed by atoms with Gasteiger partial charge in [-0.2, -0.15) is 0 Å². The van der Waals surface area contributed by atoms with Crippen LogP contribution in [0, 0.1) is 0 Å². The zero-order valence-corrected chi connectivity index (χ0v) is 10.1. The number of benzene rings is 1. The molecular formula is C10H10BrNO4.